The minimum atomic E-state index is -1.79. The van der Waals surface area contributed by atoms with Crippen LogP contribution in [0.5, 0.6) is 0 Å². The molecular formula is C69H129NO13. The monoisotopic (exact) mass is 1180 g/mol. The molecule has 488 valence electrons. The van der Waals surface area contributed by atoms with E-state index in [1.165, 1.54) is 225 Å². The zero-order valence-corrected chi connectivity index (χ0v) is 53.0. The number of aliphatic hydroxyl groups is 8. The first-order valence-electron chi connectivity index (χ1n) is 34.7. The Hall–Kier alpha value is -1.79. The van der Waals surface area contributed by atoms with E-state index in [0.29, 0.717) is 12.8 Å². The van der Waals surface area contributed by atoms with Crippen molar-refractivity contribution in [2.75, 3.05) is 19.8 Å². The summed E-state index contributed by atoms with van der Waals surface area (Å²) in [5.74, 6) is -0.248. The highest BCUT2D eigenvalue weighted by Crippen LogP contribution is 2.30. The molecule has 0 aromatic carbocycles. The Balaban J connectivity index is 1.66. The van der Waals surface area contributed by atoms with Crippen LogP contribution in [0.1, 0.15) is 303 Å². The minimum absolute atomic E-state index is 0.248. The standard InChI is InChI=1S/C69H129NO13/c1-3-5-7-9-11-13-15-17-19-21-23-24-25-26-27-28-29-30-31-32-33-34-35-37-39-41-43-45-47-49-51-53-61(74)70-57(58(73)52-50-48-46-44-42-40-38-36-22-20-18-16-14-12-10-8-6-4-2)56-80-68-66(79)64(77)67(60(55-72)82-68)83-69-65(78)63(76)62(75)59(54-71)81-69/h22,36,42,44,50,52,57-60,62-69,71-73,75-79H,3-21,23-35,37-41,43,45-49,51,53-56H2,1-2H3,(H,70,74)/b36-22+,44-42+,52-50+. The Morgan fingerprint density at radius 1 is 0.422 bits per heavy atom. The van der Waals surface area contributed by atoms with Crippen molar-refractivity contribution >= 4 is 5.91 Å². The van der Waals surface area contributed by atoms with Crippen molar-refractivity contribution in [2.45, 2.75) is 376 Å². The van der Waals surface area contributed by atoms with Gasteiger partial charge in [0.05, 0.1) is 32.0 Å². The van der Waals surface area contributed by atoms with E-state index in [0.717, 1.165) is 44.9 Å². The largest absolute Gasteiger partial charge is 0.394 e. The number of hydrogen-bond acceptors (Lipinski definition) is 13. The summed E-state index contributed by atoms with van der Waals surface area (Å²) in [6.07, 6.45) is 52.1. The summed E-state index contributed by atoms with van der Waals surface area (Å²) in [6.45, 7) is 2.81. The molecule has 0 radical (unpaired) electrons. The van der Waals surface area contributed by atoms with E-state index in [1.54, 1.807) is 6.08 Å². The number of carbonyl (C=O) groups excluding carboxylic acids is 1. The molecule has 0 bridgehead atoms. The predicted molar refractivity (Wildman–Crippen MR) is 337 cm³/mol. The molecule has 9 N–H and O–H groups in total. The quantitative estimate of drug-likeness (QED) is 0.0204. The first kappa shape index (κ1) is 77.3. The SMILES string of the molecule is CCCCCCCCCC/C=C/CC/C=C/CC/C=C/C(O)C(COC1OC(CO)C(OC2OC(CO)C(O)C(O)C2O)C(O)C1O)NC(=O)CCCCCCCCCCCCCCCCCCCCCCCCCCCCCCCCC. The second-order valence-corrected chi connectivity index (χ2v) is 24.6. The molecule has 0 saturated carbocycles. The molecule has 14 nitrogen and oxygen atoms in total. The van der Waals surface area contributed by atoms with E-state index in [9.17, 15) is 45.6 Å². The van der Waals surface area contributed by atoms with Gasteiger partial charge in [-0.05, 0) is 44.9 Å². The smallest absolute Gasteiger partial charge is 0.220 e. The van der Waals surface area contributed by atoms with Gasteiger partial charge >= 0.3 is 0 Å². The molecule has 1 amide bonds. The lowest BCUT2D eigenvalue weighted by atomic mass is 9.97. The van der Waals surface area contributed by atoms with Gasteiger partial charge in [0.2, 0.25) is 5.91 Å². The van der Waals surface area contributed by atoms with Gasteiger partial charge in [-0.2, -0.15) is 0 Å². The number of allylic oxidation sites excluding steroid dienone is 5. The lowest BCUT2D eigenvalue weighted by Crippen LogP contribution is -2.65. The van der Waals surface area contributed by atoms with Gasteiger partial charge in [-0.15, -0.1) is 0 Å². The third-order valence-electron chi connectivity index (χ3n) is 17.1. The first-order chi connectivity index (χ1) is 40.6. The number of amides is 1. The summed E-state index contributed by atoms with van der Waals surface area (Å²) in [5, 5.41) is 87.3. The van der Waals surface area contributed by atoms with E-state index >= 15 is 0 Å². The van der Waals surface area contributed by atoms with Crippen molar-refractivity contribution in [3.8, 4) is 0 Å². The van der Waals surface area contributed by atoms with Crippen LogP contribution in [0.3, 0.4) is 0 Å². The summed E-state index contributed by atoms with van der Waals surface area (Å²) >= 11 is 0. The summed E-state index contributed by atoms with van der Waals surface area (Å²) in [6, 6.07) is -0.936. The van der Waals surface area contributed by atoms with E-state index in [-0.39, 0.29) is 18.9 Å². The number of hydrogen-bond donors (Lipinski definition) is 9. The zero-order valence-electron chi connectivity index (χ0n) is 53.0. The van der Waals surface area contributed by atoms with E-state index in [1.807, 2.05) is 6.08 Å². The van der Waals surface area contributed by atoms with Gasteiger partial charge in [-0.25, -0.2) is 0 Å². The van der Waals surface area contributed by atoms with Crippen LogP contribution >= 0.6 is 0 Å². The number of ether oxygens (including phenoxy) is 4. The van der Waals surface area contributed by atoms with Crippen molar-refractivity contribution in [3.05, 3.63) is 36.5 Å². The Kier molecular flexibility index (Phi) is 50.6. The average molecular weight is 1180 g/mol. The van der Waals surface area contributed by atoms with Crippen LogP contribution < -0.4 is 5.32 Å². The van der Waals surface area contributed by atoms with Crippen molar-refractivity contribution in [1.82, 2.24) is 5.32 Å². The molecule has 2 fully saturated rings. The third kappa shape index (κ3) is 39.0. The molecule has 12 unspecified atom stereocenters. The second kappa shape index (κ2) is 54.4. The van der Waals surface area contributed by atoms with Crippen LogP contribution in [-0.2, 0) is 23.7 Å². The maximum atomic E-state index is 13.3. The summed E-state index contributed by atoms with van der Waals surface area (Å²) in [7, 11) is 0. The Bertz CT molecular complexity index is 1530. The van der Waals surface area contributed by atoms with Crippen molar-refractivity contribution in [1.29, 1.82) is 0 Å². The molecule has 2 rings (SSSR count). The van der Waals surface area contributed by atoms with Crippen LogP contribution in [0.2, 0.25) is 0 Å². The Morgan fingerprint density at radius 3 is 1.18 bits per heavy atom. The number of rotatable bonds is 57. The predicted octanol–water partition coefficient (Wildman–Crippen LogP) is 13.7. The fourth-order valence-corrected chi connectivity index (χ4v) is 11.5. The fourth-order valence-electron chi connectivity index (χ4n) is 11.5. The molecule has 0 spiro atoms. The molecular weight excluding hydrogens is 1050 g/mol. The van der Waals surface area contributed by atoms with Crippen LogP contribution in [0.15, 0.2) is 36.5 Å². The first-order valence-corrected chi connectivity index (χ1v) is 34.7. The number of nitrogens with one attached hydrogen (secondary N) is 1. The lowest BCUT2D eigenvalue weighted by molar-refractivity contribution is -0.359. The van der Waals surface area contributed by atoms with Gasteiger partial charge in [-0.1, -0.05) is 288 Å². The van der Waals surface area contributed by atoms with Crippen LogP contribution in [0.25, 0.3) is 0 Å². The van der Waals surface area contributed by atoms with Crippen molar-refractivity contribution < 1.29 is 64.6 Å². The van der Waals surface area contributed by atoms with Crippen LogP contribution in [0, 0.1) is 0 Å². The van der Waals surface area contributed by atoms with Crippen LogP contribution in [0.4, 0.5) is 0 Å². The normalized spacial score (nSPS) is 24.0. The average Bonchev–Trinajstić information content (AvgIpc) is 3.59. The molecule has 0 aromatic rings. The molecule has 0 aromatic heterocycles. The van der Waals surface area contributed by atoms with E-state index in [2.05, 4.69) is 43.5 Å². The second-order valence-electron chi connectivity index (χ2n) is 24.6. The van der Waals surface area contributed by atoms with Gasteiger partial charge in [-0.3, -0.25) is 4.79 Å². The van der Waals surface area contributed by atoms with Gasteiger partial charge in [0.15, 0.2) is 12.6 Å². The zero-order chi connectivity index (χ0) is 60.2. The van der Waals surface area contributed by atoms with Crippen molar-refractivity contribution in [2.24, 2.45) is 0 Å². The minimum Gasteiger partial charge on any atom is -0.394 e. The maximum absolute atomic E-state index is 13.3. The van der Waals surface area contributed by atoms with Gasteiger partial charge < -0.3 is 65.1 Å². The third-order valence-corrected chi connectivity index (χ3v) is 17.1. The molecule has 2 heterocycles. The van der Waals surface area contributed by atoms with Gasteiger partial charge in [0.25, 0.3) is 0 Å². The summed E-state index contributed by atoms with van der Waals surface area (Å²) in [4.78, 5) is 13.3. The topological polar surface area (TPSA) is 228 Å². The molecule has 0 aliphatic carbocycles. The summed E-state index contributed by atoms with van der Waals surface area (Å²) < 4.78 is 22.8. The molecule has 14 heteroatoms. The molecule has 83 heavy (non-hydrogen) atoms. The molecule has 12 atom stereocenters. The van der Waals surface area contributed by atoms with Crippen molar-refractivity contribution in [3.63, 3.8) is 0 Å². The van der Waals surface area contributed by atoms with E-state index < -0.39 is 86.8 Å². The fraction of sp³-hybridized carbons (Fsp3) is 0.899. The lowest BCUT2D eigenvalue weighted by Gasteiger charge is -2.46. The maximum Gasteiger partial charge on any atom is 0.220 e. The highest BCUT2D eigenvalue weighted by Gasteiger charge is 2.51. The summed E-state index contributed by atoms with van der Waals surface area (Å²) in [5.41, 5.74) is 0. The molecule has 2 aliphatic rings. The number of aliphatic hydroxyl groups excluding tert-OH is 8. The van der Waals surface area contributed by atoms with Gasteiger partial charge in [0.1, 0.15) is 48.8 Å². The van der Waals surface area contributed by atoms with E-state index in [4.69, 9.17) is 18.9 Å². The Labute approximate surface area is 506 Å². The van der Waals surface area contributed by atoms with Crippen LogP contribution in [-0.4, -0.2) is 140 Å². The highest BCUT2D eigenvalue weighted by molar-refractivity contribution is 5.76. The number of unbranched alkanes of at least 4 members (excludes halogenated alkanes) is 40. The molecule has 2 aliphatic heterocycles. The Morgan fingerprint density at radius 2 is 0.771 bits per heavy atom. The van der Waals surface area contributed by atoms with Gasteiger partial charge in [0, 0.05) is 6.42 Å². The molecule has 2 saturated heterocycles. The number of carbonyl (C=O) groups is 1. The highest BCUT2D eigenvalue weighted by atomic mass is 16.7.